The lowest BCUT2D eigenvalue weighted by Gasteiger charge is -2.04. The maximum absolute atomic E-state index is 5.49. The lowest BCUT2D eigenvalue weighted by Crippen LogP contribution is -2.02. The largest absolute Gasteiger partial charge is 0.459 e. The number of hydrogen-bond donors (Lipinski definition) is 0. The van der Waals surface area contributed by atoms with E-state index in [1.165, 1.54) is 5.57 Å². The van der Waals surface area contributed by atoms with Gasteiger partial charge in [0.25, 0.3) is 0 Å². The maximum atomic E-state index is 5.49. The van der Waals surface area contributed by atoms with E-state index in [0.717, 1.165) is 17.7 Å². The first-order valence-corrected chi connectivity index (χ1v) is 5.87. The van der Waals surface area contributed by atoms with Crippen molar-refractivity contribution < 1.29 is 4.74 Å². The average molecular weight is 232 g/mol. The zero-order chi connectivity index (χ0) is 12.7. The Balaban J connectivity index is 2.51. The predicted octanol–water partition coefficient (Wildman–Crippen LogP) is 3.47. The van der Waals surface area contributed by atoms with E-state index in [0.29, 0.717) is 12.6 Å². The van der Waals surface area contributed by atoms with Crippen molar-refractivity contribution in [1.29, 1.82) is 0 Å². The molecule has 3 nitrogen and oxygen atoms in total. The first-order valence-electron chi connectivity index (χ1n) is 5.87. The van der Waals surface area contributed by atoms with Gasteiger partial charge in [0.2, 0.25) is 0 Å². The highest BCUT2D eigenvalue weighted by Crippen LogP contribution is 2.05. The SMILES string of the molecule is CCC(C)=CC=C(C)COc1nccc(C)n1. The number of aryl methyl sites for hydroxylation is 1. The minimum Gasteiger partial charge on any atom is -0.459 e. The molecule has 0 aliphatic rings. The van der Waals surface area contributed by atoms with E-state index in [4.69, 9.17) is 4.74 Å². The molecule has 1 aromatic rings. The number of hydrogen-bond acceptors (Lipinski definition) is 3. The van der Waals surface area contributed by atoms with E-state index in [2.05, 4.69) is 36.0 Å². The monoisotopic (exact) mass is 232 g/mol. The minimum atomic E-state index is 0.439. The Bertz CT molecular complexity index is 422. The summed E-state index contributed by atoms with van der Waals surface area (Å²) in [4.78, 5) is 8.23. The third kappa shape index (κ3) is 5.29. The minimum absolute atomic E-state index is 0.439. The van der Waals surface area contributed by atoms with Crippen LogP contribution in [0.25, 0.3) is 0 Å². The lowest BCUT2D eigenvalue weighted by atomic mass is 10.2. The zero-order valence-corrected chi connectivity index (χ0v) is 11.0. The molecule has 0 unspecified atom stereocenters. The number of aromatic nitrogens is 2. The van der Waals surface area contributed by atoms with E-state index < -0.39 is 0 Å². The summed E-state index contributed by atoms with van der Waals surface area (Å²) in [5, 5.41) is 0. The molecule has 0 radical (unpaired) electrons. The van der Waals surface area contributed by atoms with Gasteiger partial charge in [-0.15, -0.1) is 0 Å². The molecule has 0 atom stereocenters. The van der Waals surface area contributed by atoms with Crippen LogP contribution in [-0.4, -0.2) is 16.6 Å². The van der Waals surface area contributed by atoms with Gasteiger partial charge in [-0.2, -0.15) is 0 Å². The normalized spacial score (nSPS) is 12.7. The molecule has 17 heavy (non-hydrogen) atoms. The summed E-state index contributed by atoms with van der Waals surface area (Å²) >= 11 is 0. The van der Waals surface area contributed by atoms with Crippen LogP contribution >= 0.6 is 0 Å². The summed E-state index contributed by atoms with van der Waals surface area (Å²) in [6.07, 6.45) is 6.98. The molecule has 0 saturated carbocycles. The van der Waals surface area contributed by atoms with Crippen LogP contribution in [0.5, 0.6) is 6.01 Å². The van der Waals surface area contributed by atoms with Gasteiger partial charge >= 0.3 is 6.01 Å². The van der Waals surface area contributed by atoms with Crippen molar-refractivity contribution in [2.45, 2.75) is 34.1 Å². The van der Waals surface area contributed by atoms with Gasteiger partial charge in [-0.3, -0.25) is 0 Å². The van der Waals surface area contributed by atoms with Crippen molar-refractivity contribution in [3.8, 4) is 6.01 Å². The van der Waals surface area contributed by atoms with Crippen molar-refractivity contribution in [2.75, 3.05) is 6.61 Å². The highest BCUT2D eigenvalue weighted by atomic mass is 16.5. The molecule has 1 heterocycles. The Labute approximate surface area is 103 Å². The molecule has 0 aromatic carbocycles. The summed E-state index contributed by atoms with van der Waals surface area (Å²) in [6.45, 7) is 8.75. The van der Waals surface area contributed by atoms with Crippen LogP contribution in [0.15, 0.2) is 35.6 Å². The maximum Gasteiger partial charge on any atom is 0.316 e. The van der Waals surface area contributed by atoms with Crippen molar-refractivity contribution in [2.24, 2.45) is 0 Å². The topological polar surface area (TPSA) is 35.0 Å². The molecular weight excluding hydrogens is 212 g/mol. The van der Waals surface area contributed by atoms with Crippen LogP contribution in [0.2, 0.25) is 0 Å². The second-order valence-electron chi connectivity index (χ2n) is 4.15. The van der Waals surface area contributed by atoms with E-state index in [9.17, 15) is 0 Å². The first-order chi connectivity index (χ1) is 8.11. The van der Waals surface area contributed by atoms with E-state index in [1.54, 1.807) is 6.20 Å². The molecule has 1 rings (SSSR count). The van der Waals surface area contributed by atoms with Crippen molar-refractivity contribution >= 4 is 0 Å². The molecule has 0 amide bonds. The summed E-state index contributed by atoms with van der Waals surface area (Å²) in [5.74, 6) is 0. The molecule has 92 valence electrons. The first kappa shape index (κ1) is 13.4. The fourth-order valence-corrected chi connectivity index (χ4v) is 1.12. The predicted molar refractivity (Wildman–Crippen MR) is 70.1 cm³/mol. The number of nitrogens with zero attached hydrogens (tertiary/aromatic N) is 2. The van der Waals surface area contributed by atoms with Gasteiger partial charge in [-0.25, -0.2) is 9.97 Å². The van der Waals surface area contributed by atoms with E-state index in [-0.39, 0.29) is 0 Å². The van der Waals surface area contributed by atoms with Crippen LogP contribution in [0.3, 0.4) is 0 Å². The van der Waals surface area contributed by atoms with Crippen molar-refractivity contribution in [3.05, 3.63) is 41.3 Å². The van der Waals surface area contributed by atoms with Crippen LogP contribution in [0.4, 0.5) is 0 Å². The van der Waals surface area contributed by atoms with Gasteiger partial charge in [-0.05, 0) is 38.8 Å². The lowest BCUT2D eigenvalue weighted by molar-refractivity contribution is 0.322. The Kier molecular flexibility index (Phi) is 5.40. The molecular formula is C14H20N2O. The molecule has 3 heteroatoms. The van der Waals surface area contributed by atoms with E-state index >= 15 is 0 Å². The third-order valence-electron chi connectivity index (χ3n) is 2.41. The summed E-state index contributed by atoms with van der Waals surface area (Å²) in [6, 6.07) is 2.29. The Morgan fingerprint density at radius 3 is 2.65 bits per heavy atom. The standard InChI is InChI=1S/C14H20N2O/c1-5-11(2)6-7-12(3)10-17-14-15-9-8-13(4)16-14/h6-9H,5,10H2,1-4H3. The molecule has 0 N–H and O–H groups in total. The average Bonchev–Trinajstić information content (AvgIpc) is 2.33. The summed E-state index contributed by atoms with van der Waals surface area (Å²) in [5.41, 5.74) is 3.43. The fraction of sp³-hybridized carbons (Fsp3) is 0.429. The Hall–Kier alpha value is -1.64. The molecule has 1 aromatic heterocycles. The smallest absolute Gasteiger partial charge is 0.316 e. The zero-order valence-electron chi connectivity index (χ0n) is 11.0. The Morgan fingerprint density at radius 1 is 1.29 bits per heavy atom. The fourth-order valence-electron chi connectivity index (χ4n) is 1.12. The number of rotatable bonds is 5. The molecule has 0 fully saturated rings. The van der Waals surface area contributed by atoms with E-state index in [1.807, 2.05) is 19.9 Å². The van der Waals surface area contributed by atoms with Gasteiger partial charge < -0.3 is 4.74 Å². The van der Waals surface area contributed by atoms with Gasteiger partial charge in [0.1, 0.15) is 6.61 Å². The highest BCUT2D eigenvalue weighted by molar-refractivity contribution is 5.16. The second-order valence-corrected chi connectivity index (χ2v) is 4.15. The molecule has 0 spiro atoms. The summed E-state index contributed by atoms with van der Waals surface area (Å²) in [7, 11) is 0. The van der Waals surface area contributed by atoms with Crippen molar-refractivity contribution in [1.82, 2.24) is 9.97 Å². The van der Waals surface area contributed by atoms with Crippen LogP contribution in [0, 0.1) is 6.92 Å². The van der Waals surface area contributed by atoms with Gasteiger partial charge in [0, 0.05) is 11.9 Å². The number of allylic oxidation sites excluding steroid dienone is 3. The quantitative estimate of drug-likeness (QED) is 0.729. The van der Waals surface area contributed by atoms with Crippen molar-refractivity contribution in [3.63, 3.8) is 0 Å². The summed E-state index contributed by atoms with van der Waals surface area (Å²) < 4.78 is 5.49. The number of ether oxygens (including phenoxy) is 1. The van der Waals surface area contributed by atoms with Gasteiger partial charge in [-0.1, -0.05) is 24.6 Å². The Morgan fingerprint density at radius 2 is 2.00 bits per heavy atom. The molecule has 0 aliphatic heterocycles. The highest BCUT2D eigenvalue weighted by Gasteiger charge is 1.97. The van der Waals surface area contributed by atoms with Crippen LogP contribution < -0.4 is 4.74 Å². The molecule has 0 saturated heterocycles. The molecule has 0 aliphatic carbocycles. The second kappa shape index (κ2) is 6.84. The molecule has 0 bridgehead atoms. The van der Waals surface area contributed by atoms with Crippen LogP contribution in [0.1, 0.15) is 32.9 Å². The van der Waals surface area contributed by atoms with Crippen LogP contribution in [-0.2, 0) is 0 Å². The third-order valence-corrected chi connectivity index (χ3v) is 2.41. The van der Waals surface area contributed by atoms with Gasteiger partial charge in [0.05, 0.1) is 0 Å². The van der Waals surface area contributed by atoms with Gasteiger partial charge in [0.15, 0.2) is 0 Å².